The van der Waals surface area contributed by atoms with Crippen LogP contribution in [-0.2, 0) is 26.2 Å². The first kappa shape index (κ1) is 15.8. The normalized spacial score (nSPS) is 18.7. The molecule has 0 spiro atoms. The van der Waals surface area contributed by atoms with Gasteiger partial charge in [0.25, 0.3) is 10.0 Å². The Morgan fingerprint density at radius 3 is 2.96 bits per heavy atom. The third-order valence-corrected chi connectivity index (χ3v) is 4.72. The number of amidine groups is 1. The zero-order valence-corrected chi connectivity index (χ0v) is 13.5. The summed E-state index contributed by atoms with van der Waals surface area (Å²) in [5, 5.41) is 0.575. The second-order valence-corrected chi connectivity index (χ2v) is 7.24. The maximum atomic E-state index is 12.1. The Hall–Kier alpha value is -2.12. The molecule has 0 amide bonds. The fourth-order valence-electron chi connectivity index (χ4n) is 2.18. The largest absolute Gasteiger partial charge is 0.457 e. The van der Waals surface area contributed by atoms with E-state index in [1.54, 1.807) is 29.3 Å². The molecule has 0 atom stereocenters. The van der Waals surface area contributed by atoms with Crippen LogP contribution < -0.4 is 0 Å². The number of hydrogen-bond acceptors (Lipinski definition) is 5. The van der Waals surface area contributed by atoms with Gasteiger partial charge < -0.3 is 9.64 Å². The number of carbonyl (C=O) groups excluding carboxylic acids is 1. The quantitative estimate of drug-likeness (QED) is 0.776. The van der Waals surface area contributed by atoms with E-state index in [1.165, 1.54) is 12.2 Å². The highest BCUT2D eigenvalue weighted by Crippen LogP contribution is 2.17. The Kier molecular flexibility index (Phi) is 4.23. The van der Waals surface area contributed by atoms with E-state index in [-0.39, 0.29) is 18.9 Å². The van der Waals surface area contributed by atoms with E-state index in [0.29, 0.717) is 16.4 Å². The van der Waals surface area contributed by atoms with Crippen molar-refractivity contribution in [1.82, 2.24) is 4.90 Å². The minimum Gasteiger partial charge on any atom is -0.457 e. The van der Waals surface area contributed by atoms with Gasteiger partial charge in [0.2, 0.25) is 0 Å². The summed E-state index contributed by atoms with van der Waals surface area (Å²) in [6.45, 7) is 0.372. The number of sulfonamides is 1. The number of nitrogens with zero attached hydrogens (tertiary/aromatic N) is 2. The van der Waals surface area contributed by atoms with Crippen LogP contribution in [0.5, 0.6) is 0 Å². The van der Waals surface area contributed by atoms with Crippen molar-refractivity contribution >= 4 is 33.4 Å². The van der Waals surface area contributed by atoms with Crippen molar-refractivity contribution in [1.29, 1.82) is 0 Å². The molecule has 0 bridgehead atoms. The minimum absolute atomic E-state index is 0.0777. The first-order valence-corrected chi connectivity index (χ1v) is 8.82. The third-order valence-electron chi connectivity index (χ3n) is 3.32. The minimum atomic E-state index is -3.40. The average Bonchev–Trinajstić information content (AvgIpc) is 2.51. The molecule has 2 heterocycles. The molecule has 0 aliphatic carbocycles. The van der Waals surface area contributed by atoms with Crippen LogP contribution in [0.1, 0.15) is 5.56 Å². The summed E-state index contributed by atoms with van der Waals surface area (Å²) in [5.74, 6) is -0.262. The van der Waals surface area contributed by atoms with Gasteiger partial charge in [0, 0.05) is 17.8 Å². The first-order chi connectivity index (χ1) is 10.9. The van der Waals surface area contributed by atoms with Gasteiger partial charge in [0.1, 0.15) is 12.4 Å². The first-order valence-electron chi connectivity index (χ1n) is 6.84. The van der Waals surface area contributed by atoms with Crippen molar-refractivity contribution < 1.29 is 17.9 Å². The van der Waals surface area contributed by atoms with Crippen molar-refractivity contribution in [3.05, 3.63) is 58.8 Å². The van der Waals surface area contributed by atoms with Gasteiger partial charge in [-0.15, -0.1) is 4.40 Å². The van der Waals surface area contributed by atoms with Gasteiger partial charge in [0.15, 0.2) is 0 Å². The van der Waals surface area contributed by atoms with Gasteiger partial charge in [-0.3, -0.25) is 0 Å². The summed E-state index contributed by atoms with van der Waals surface area (Å²) >= 11 is 5.88. The average molecular weight is 353 g/mol. The topological polar surface area (TPSA) is 76.0 Å². The molecule has 0 saturated carbocycles. The lowest BCUT2D eigenvalue weighted by molar-refractivity contribution is -0.139. The van der Waals surface area contributed by atoms with Crippen molar-refractivity contribution in [2.45, 2.75) is 6.61 Å². The molecule has 2 aliphatic heterocycles. The monoisotopic (exact) mass is 352 g/mol. The second kappa shape index (κ2) is 6.17. The van der Waals surface area contributed by atoms with E-state index in [4.69, 9.17) is 16.3 Å². The molecule has 0 aromatic heterocycles. The lowest BCUT2D eigenvalue weighted by Gasteiger charge is -2.26. The number of esters is 1. The lowest BCUT2D eigenvalue weighted by Crippen LogP contribution is -2.37. The van der Waals surface area contributed by atoms with Gasteiger partial charge in [-0.05, 0) is 29.8 Å². The standard InChI is InChI=1S/C15H13ClN2O4S/c16-13-3-1-2-11(8-13)10-22-15(19)12-4-5-14-17-23(20,21)7-6-18(14)9-12/h1-5,8-9H,6-7,10H2. The summed E-state index contributed by atoms with van der Waals surface area (Å²) in [4.78, 5) is 13.7. The number of fused-ring (bicyclic) bond motifs is 1. The fourth-order valence-corrected chi connectivity index (χ4v) is 3.36. The number of ether oxygens (including phenoxy) is 1. The summed E-state index contributed by atoms with van der Waals surface area (Å²) in [6.07, 6.45) is 4.54. The molecule has 0 unspecified atom stereocenters. The highest BCUT2D eigenvalue weighted by molar-refractivity contribution is 7.90. The highest BCUT2D eigenvalue weighted by atomic mass is 35.5. The molecule has 2 aliphatic rings. The molecule has 1 aromatic rings. The van der Waals surface area contributed by atoms with Crippen LogP contribution in [0.2, 0.25) is 5.02 Å². The van der Waals surface area contributed by atoms with Crippen LogP contribution in [0.15, 0.2) is 52.6 Å². The number of carbonyl (C=O) groups is 1. The van der Waals surface area contributed by atoms with E-state index in [0.717, 1.165) is 5.56 Å². The Morgan fingerprint density at radius 2 is 2.17 bits per heavy atom. The molecule has 0 radical (unpaired) electrons. The van der Waals surface area contributed by atoms with E-state index in [9.17, 15) is 13.2 Å². The zero-order valence-electron chi connectivity index (χ0n) is 12.0. The van der Waals surface area contributed by atoms with Crippen LogP contribution in [0.25, 0.3) is 0 Å². The van der Waals surface area contributed by atoms with Crippen molar-refractivity contribution in [2.75, 3.05) is 12.3 Å². The fraction of sp³-hybridized carbons (Fsp3) is 0.200. The lowest BCUT2D eigenvalue weighted by atomic mass is 10.2. The van der Waals surface area contributed by atoms with Crippen LogP contribution in [0.4, 0.5) is 0 Å². The third kappa shape index (κ3) is 3.80. The number of benzene rings is 1. The maximum absolute atomic E-state index is 12.1. The van der Waals surface area contributed by atoms with E-state index in [1.807, 2.05) is 6.07 Å². The molecule has 23 heavy (non-hydrogen) atoms. The van der Waals surface area contributed by atoms with Gasteiger partial charge >= 0.3 is 5.97 Å². The summed E-state index contributed by atoms with van der Waals surface area (Å²) in [7, 11) is -3.40. The van der Waals surface area contributed by atoms with E-state index < -0.39 is 16.0 Å². The molecule has 120 valence electrons. The summed E-state index contributed by atoms with van der Waals surface area (Å²) in [5.41, 5.74) is 1.13. The van der Waals surface area contributed by atoms with Crippen molar-refractivity contribution in [3.8, 4) is 0 Å². The summed E-state index contributed by atoms with van der Waals surface area (Å²) in [6, 6.07) is 7.05. The predicted octanol–water partition coefficient (Wildman–Crippen LogP) is 1.88. The number of halogens is 1. The smallest absolute Gasteiger partial charge is 0.339 e. The van der Waals surface area contributed by atoms with Crippen LogP contribution in [0.3, 0.4) is 0 Å². The number of hydrogen-bond donors (Lipinski definition) is 0. The Bertz CT molecular complexity index is 843. The Balaban J connectivity index is 1.68. The second-order valence-electron chi connectivity index (χ2n) is 5.05. The molecule has 1 aromatic carbocycles. The molecule has 6 nitrogen and oxygen atoms in total. The highest BCUT2D eigenvalue weighted by Gasteiger charge is 2.25. The van der Waals surface area contributed by atoms with Gasteiger partial charge in [-0.25, -0.2) is 13.2 Å². The van der Waals surface area contributed by atoms with Crippen LogP contribution in [0, 0.1) is 0 Å². The van der Waals surface area contributed by atoms with E-state index >= 15 is 0 Å². The molecule has 0 N–H and O–H groups in total. The van der Waals surface area contributed by atoms with Crippen LogP contribution >= 0.6 is 11.6 Å². The maximum Gasteiger partial charge on any atom is 0.339 e. The molecule has 3 rings (SSSR count). The molecule has 8 heteroatoms. The molecular weight excluding hydrogens is 340 g/mol. The van der Waals surface area contributed by atoms with Gasteiger partial charge in [-0.2, -0.15) is 0 Å². The Labute approximate surface area is 138 Å². The molecular formula is C15H13ClN2O4S. The Morgan fingerprint density at radius 1 is 1.35 bits per heavy atom. The summed E-state index contributed by atoms with van der Waals surface area (Å²) < 4.78 is 31.8. The van der Waals surface area contributed by atoms with Crippen molar-refractivity contribution in [3.63, 3.8) is 0 Å². The van der Waals surface area contributed by atoms with E-state index in [2.05, 4.69) is 4.40 Å². The predicted molar refractivity (Wildman–Crippen MR) is 86.4 cm³/mol. The SMILES string of the molecule is O=C(OCc1cccc(Cl)c1)C1=CN2CCS(=O)(=O)N=C2C=C1. The van der Waals surface area contributed by atoms with Gasteiger partial charge in [-0.1, -0.05) is 23.7 Å². The van der Waals surface area contributed by atoms with Crippen LogP contribution in [-0.4, -0.2) is 37.4 Å². The number of rotatable bonds is 3. The zero-order chi connectivity index (χ0) is 16.4. The van der Waals surface area contributed by atoms with Crippen molar-refractivity contribution in [2.24, 2.45) is 4.40 Å². The molecule has 0 saturated heterocycles. The van der Waals surface area contributed by atoms with Gasteiger partial charge in [0.05, 0.1) is 11.3 Å². The molecule has 0 fully saturated rings.